The normalized spacial score (nSPS) is 15.1. The minimum absolute atomic E-state index is 0.251. The summed E-state index contributed by atoms with van der Waals surface area (Å²) in [5.74, 6) is 1.06. The van der Waals surface area contributed by atoms with Crippen molar-refractivity contribution in [2.45, 2.75) is 13.8 Å². The third kappa shape index (κ3) is 3.55. The number of benzene rings is 2. The van der Waals surface area contributed by atoms with E-state index in [0.717, 1.165) is 22.3 Å². The maximum atomic E-state index is 12.1. The fourth-order valence-electron chi connectivity index (χ4n) is 2.73. The highest BCUT2D eigenvalue weighted by Gasteiger charge is 2.24. The Morgan fingerprint density at radius 3 is 2.28 bits per heavy atom. The highest BCUT2D eigenvalue weighted by Crippen LogP contribution is 2.29. The minimum atomic E-state index is -0.469. The molecule has 0 spiro atoms. The zero-order valence-electron chi connectivity index (χ0n) is 14.6. The van der Waals surface area contributed by atoms with Gasteiger partial charge in [-0.1, -0.05) is 23.3 Å². The number of aryl methyl sites for hydroxylation is 2. The molecule has 0 fully saturated rings. The zero-order chi connectivity index (χ0) is 18.0. The summed E-state index contributed by atoms with van der Waals surface area (Å²) in [6, 6.07) is 11.3. The number of cyclic esters (lactones) is 1. The molecule has 0 atom stereocenters. The minimum Gasteiger partial charge on any atom is -0.493 e. The van der Waals surface area contributed by atoms with Gasteiger partial charge in [-0.25, -0.2) is 9.79 Å². The van der Waals surface area contributed by atoms with Gasteiger partial charge in [-0.2, -0.15) is 0 Å². The number of carbonyl (C=O) groups is 1. The van der Waals surface area contributed by atoms with Crippen molar-refractivity contribution in [2.24, 2.45) is 4.99 Å². The van der Waals surface area contributed by atoms with E-state index in [0.29, 0.717) is 17.4 Å². The molecule has 0 bridgehead atoms. The van der Waals surface area contributed by atoms with Gasteiger partial charge in [0.05, 0.1) is 14.2 Å². The molecule has 1 aliphatic rings. The Morgan fingerprint density at radius 1 is 0.960 bits per heavy atom. The van der Waals surface area contributed by atoms with E-state index in [1.165, 1.54) is 0 Å². The van der Waals surface area contributed by atoms with Crippen LogP contribution in [0.3, 0.4) is 0 Å². The second-order valence-electron chi connectivity index (χ2n) is 5.83. The van der Waals surface area contributed by atoms with Crippen LogP contribution in [0, 0.1) is 13.8 Å². The zero-order valence-corrected chi connectivity index (χ0v) is 14.6. The van der Waals surface area contributed by atoms with Crippen molar-refractivity contribution in [1.82, 2.24) is 0 Å². The van der Waals surface area contributed by atoms with Gasteiger partial charge in [0.2, 0.25) is 5.90 Å². The van der Waals surface area contributed by atoms with Gasteiger partial charge >= 0.3 is 5.97 Å². The summed E-state index contributed by atoms with van der Waals surface area (Å²) in [7, 11) is 3.14. The Balaban J connectivity index is 1.96. The average Bonchev–Trinajstić information content (AvgIpc) is 2.94. The van der Waals surface area contributed by atoms with Gasteiger partial charge in [-0.15, -0.1) is 0 Å². The first-order valence-corrected chi connectivity index (χ1v) is 7.83. The van der Waals surface area contributed by atoms with Crippen molar-refractivity contribution >= 4 is 17.9 Å². The van der Waals surface area contributed by atoms with Crippen LogP contribution in [0.25, 0.3) is 6.08 Å². The SMILES string of the molecule is COc1ccc(/C=C2\N=C(c3cc(C)cc(C)c3)OC2=O)cc1OC. The summed E-state index contributed by atoms with van der Waals surface area (Å²) in [4.78, 5) is 16.5. The fraction of sp³-hybridized carbons (Fsp3) is 0.200. The average molecular weight is 337 g/mol. The summed E-state index contributed by atoms with van der Waals surface area (Å²) >= 11 is 0. The van der Waals surface area contributed by atoms with Crippen LogP contribution in [0.4, 0.5) is 0 Å². The van der Waals surface area contributed by atoms with Gasteiger partial charge in [-0.3, -0.25) is 0 Å². The van der Waals surface area contributed by atoms with Crippen LogP contribution in [-0.4, -0.2) is 26.1 Å². The second kappa shape index (κ2) is 6.81. The summed E-state index contributed by atoms with van der Waals surface area (Å²) < 4.78 is 15.8. The lowest BCUT2D eigenvalue weighted by molar-refractivity contribution is -0.129. The molecule has 0 saturated carbocycles. The maximum absolute atomic E-state index is 12.1. The van der Waals surface area contributed by atoms with Crippen LogP contribution >= 0.6 is 0 Å². The molecule has 128 valence electrons. The fourth-order valence-corrected chi connectivity index (χ4v) is 2.73. The Kier molecular flexibility index (Phi) is 4.57. The predicted octanol–water partition coefficient (Wildman–Crippen LogP) is 3.67. The number of esters is 1. The molecular weight excluding hydrogens is 318 g/mol. The molecule has 1 heterocycles. The highest BCUT2D eigenvalue weighted by molar-refractivity contribution is 6.13. The molecule has 1 aliphatic heterocycles. The van der Waals surface area contributed by atoms with Crippen molar-refractivity contribution < 1.29 is 19.0 Å². The predicted molar refractivity (Wildman–Crippen MR) is 96.1 cm³/mol. The second-order valence-corrected chi connectivity index (χ2v) is 5.83. The summed E-state index contributed by atoms with van der Waals surface area (Å²) in [6.45, 7) is 3.99. The van der Waals surface area contributed by atoms with E-state index in [4.69, 9.17) is 14.2 Å². The molecule has 3 rings (SSSR count). The number of ether oxygens (including phenoxy) is 3. The monoisotopic (exact) mass is 337 g/mol. The van der Waals surface area contributed by atoms with Gasteiger partial charge < -0.3 is 14.2 Å². The molecule has 5 nitrogen and oxygen atoms in total. The number of nitrogens with zero attached hydrogens (tertiary/aromatic N) is 1. The number of methoxy groups -OCH3 is 2. The first kappa shape index (κ1) is 16.8. The Labute approximate surface area is 146 Å². The molecule has 0 radical (unpaired) electrons. The van der Waals surface area contributed by atoms with Gasteiger partial charge in [0.1, 0.15) is 0 Å². The van der Waals surface area contributed by atoms with E-state index >= 15 is 0 Å². The largest absolute Gasteiger partial charge is 0.493 e. The van der Waals surface area contributed by atoms with E-state index in [2.05, 4.69) is 11.1 Å². The molecule has 0 unspecified atom stereocenters. The van der Waals surface area contributed by atoms with E-state index in [9.17, 15) is 4.79 Å². The lowest BCUT2D eigenvalue weighted by atomic mass is 10.1. The summed E-state index contributed by atoms with van der Waals surface area (Å²) in [5.41, 5.74) is 4.00. The quantitative estimate of drug-likeness (QED) is 0.631. The van der Waals surface area contributed by atoms with E-state index in [1.54, 1.807) is 32.4 Å². The van der Waals surface area contributed by atoms with Crippen molar-refractivity contribution in [1.29, 1.82) is 0 Å². The highest BCUT2D eigenvalue weighted by atomic mass is 16.6. The first-order valence-electron chi connectivity index (χ1n) is 7.83. The smallest absolute Gasteiger partial charge is 0.363 e. The van der Waals surface area contributed by atoms with E-state index in [-0.39, 0.29) is 5.70 Å². The van der Waals surface area contributed by atoms with Gasteiger partial charge in [0, 0.05) is 5.56 Å². The molecule has 0 amide bonds. The number of hydrogen-bond donors (Lipinski definition) is 0. The molecule has 2 aromatic rings. The molecule has 0 N–H and O–H groups in total. The number of rotatable bonds is 4. The van der Waals surface area contributed by atoms with Crippen LogP contribution in [-0.2, 0) is 9.53 Å². The van der Waals surface area contributed by atoms with E-state index < -0.39 is 5.97 Å². The third-order valence-corrected chi connectivity index (χ3v) is 3.80. The third-order valence-electron chi connectivity index (χ3n) is 3.80. The van der Waals surface area contributed by atoms with Gasteiger partial charge in [0.15, 0.2) is 17.2 Å². The lowest BCUT2D eigenvalue weighted by Gasteiger charge is -2.07. The van der Waals surface area contributed by atoms with Crippen LogP contribution in [0.2, 0.25) is 0 Å². The number of aliphatic imine (C=N–C) groups is 1. The molecule has 0 aliphatic carbocycles. The standard InChI is InChI=1S/C20H19NO4/c1-12-7-13(2)9-15(8-12)19-21-16(20(22)25-19)10-14-5-6-17(23-3)18(11-14)24-4/h5-11H,1-4H3/b16-10-. The van der Waals surface area contributed by atoms with Crippen molar-refractivity contribution in [3.8, 4) is 11.5 Å². The number of hydrogen-bond acceptors (Lipinski definition) is 5. The molecule has 0 saturated heterocycles. The Bertz CT molecular complexity index is 876. The molecule has 5 heteroatoms. The molecular formula is C20H19NO4. The van der Waals surface area contributed by atoms with Crippen LogP contribution in [0.5, 0.6) is 11.5 Å². The van der Waals surface area contributed by atoms with Crippen molar-refractivity contribution in [2.75, 3.05) is 14.2 Å². The lowest BCUT2D eigenvalue weighted by Crippen LogP contribution is -2.06. The van der Waals surface area contributed by atoms with Gasteiger partial charge in [-0.05, 0) is 49.8 Å². The summed E-state index contributed by atoms with van der Waals surface area (Å²) in [5, 5.41) is 0. The Morgan fingerprint density at radius 2 is 1.64 bits per heavy atom. The molecule has 2 aromatic carbocycles. The van der Waals surface area contributed by atoms with Crippen LogP contribution in [0.15, 0.2) is 47.1 Å². The van der Waals surface area contributed by atoms with Crippen LogP contribution < -0.4 is 9.47 Å². The Hall–Kier alpha value is -3.08. The first-order chi connectivity index (χ1) is 12.0. The summed E-state index contributed by atoms with van der Waals surface area (Å²) in [6.07, 6.45) is 1.67. The van der Waals surface area contributed by atoms with Crippen molar-refractivity contribution in [3.63, 3.8) is 0 Å². The topological polar surface area (TPSA) is 57.1 Å². The van der Waals surface area contributed by atoms with Crippen molar-refractivity contribution in [3.05, 3.63) is 64.3 Å². The molecule has 0 aromatic heterocycles. The van der Waals surface area contributed by atoms with Crippen LogP contribution in [0.1, 0.15) is 22.3 Å². The maximum Gasteiger partial charge on any atom is 0.363 e. The van der Waals surface area contributed by atoms with Gasteiger partial charge in [0.25, 0.3) is 0 Å². The van der Waals surface area contributed by atoms with E-state index in [1.807, 2.05) is 32.0 Å². The number of carbonyl (C=O) groups excluding carboxylic acids is 1. The molecule has 25 heavy (non-hydrogen) atoms.